The fraction of sp³-hybridized carbons (Fsp3) is 0.562. The number of halogens is 2. The van der Waals surface area contributed by atoms with Gasteiger partial charge in [-0.15, -0.1) is 0 Å². The molecule has 1 atom stereocenters. The molecule has 0 heterocycles. The van der Waals surface area contributed by atoms with Crippen LogP contribution in [0.4, 0.5) is 0 Å². The third-order valence-corrected chi connectivity index (χ3v) is 6.16. The van der Waals surface area contributed by atoms with Gasteiger partial charge in [-0.3, -0.25) is 4.79 Å². The van der Waals surface area contributed by atoms with E-state index in [1.165, 1.54) is 0 Å². The van der Waals surface area contributed by atoms with Crippen LogP contribution < -0.4 is 0 Å². The Morgan fingerprint density at radius 3 is 2.17 bits per heavy atom. The van der Waals surface area contributed by atoms with Crippen molar-refractivity contribution in [2.75, 3.05) is 0 Å². The van der Waals surface area contributed by atoms with Crippen molar-refractivity contribution in [1.29, 1.82) is 0 Å². The van der Waals surface area contributed by atoms with Crippen molar-refractivity contribution in [1.82, 2.24) is 0 Å². The molecule has 0 spiro atoms. The minimum atomic E-state index is -1.10. The first kappa shape index (κ1) is 21.2. The fourth-order valence-electron chi connectivity index (χ4n) is 2.89. The van der Waals surface area contributed by atoms with Gasteiger partial charge >= 0.3 is 0 Å². The highest BCUT2D eigenvalue weighted by atomic mass is 79.9. The van der Waals surface area contributed by atoms with Crippen molar-refractivity contribution in [2.45, 2.75) is 46.3 Å². The molecule has 1 unspecified atom stereocenters. The fourth-order valence-corrected chi connectivity index (χ4v) is 4.97. The molecule has 0 saturated carbocycles. The minimum absolute atomic E-state index is 0.0203. The lowest BCUT2D eigenvalue weighted by Gasteiger charge is -2.46. The first-order chi connectivity index (χ1) is 10.7. The van der Waals surface area contributed by atoms with Gasteiger partial charge in [-0.25, -0.2) is 0 Å². The second-order valence-corrected chi connectivity index (χ2v) is 8.57. The Hall–Kier alpha value is 0.204. The average molecular weight is 476 g/mol. The highest BCUT2D eigenvalue weighted by Crippen LogP contribution is 2.49. The summed E-state index contributed by atoms with van der Waals surface area (Å²) in [5, 5.41) is 0. The van der Waals surface area contributed by atoms with E-state index in [-0.39, 0.29) is 11.3 Å². The Bertz CT molecular complexity index is 555. The van der Waals surface area contributed by atoms with Gasteiger partial charge in [0.2, 0.25) is 0 Å². The molecule has 124 valence electrons. The van der Waals surface area contributed by atoms with E-state index in [2.05, 4.69) is 80.5 Å². The van der Waals surface area contributed by atoms with Crippen molar-refractivity contribution < 1.29 is 13.6 Å². The number of benzene rings is 1. The molecule has 0 amide bonds. The summed E-state index contributed by atoms with van der Waals surface area (Å²) in [6.45, 7) is 8.56. The molecule has 1 aromatic rings. The number of carbonyl (C=O) groups excluding carboxylic acids is 1. The zero-order valence-electron chi connectivity index (χ0n) is 13.7. The maximum atomic E-state index is 11.4. The van der Waals surface area contributed by atoms with E-state index in [4.69, 9.17) is 8.85 Å². The summed E-state index contributed by atoms with van der Waals surface area (Å²) >= 11 is 6.92. The molecule has 0 bridgehead atoms. The second-order valence-electron chi connectivity index (χ2n) is 6.52. The van der Waals surface area contributed by atoms with Gasteiger partial charge in [-0.2, -0.15) is 0 Å². The Morgan fingerprint density at radius 2 is 1.78 bits per heavy atom. The van der Waals surface area contributed by atoms with Gasteiger partial charge < -0.3 is 8.85 Å². The maximum Gasteiger partial charge on any atom is 0.250 e. The van der Waals surface area contributed by atoms with Crippen LogP contribution in [0.25, 0.3) is 0 Å². The predicted octanol–water partition coefficient (Wildman–Crippen LogP) is 4.84. The molecule has 6 radical (unpaired) electrons. The number of rotatable bonds is 7. The Morgan fingerprint density at radius 1 is 1.22 bits per heavy atom. The van der Waals surface area contributed by atoms with Crippen LogP contribution in [0.5, 0.6) is 0 Å². The Kier molecular flexibility index (Phi) is 7.88. The summed E-state index contributed by atoms with van der Waals surface area (Å²) in [7, 11) is 6.42. The van der Waals surface area contributed by atoms with E-state index in [0.29, 0.717) is 14.5 Å². The molecule has 0 aromatic heterocycles. The van der Waals surface area contributed by atoms with Gasteiger partial charge in [0.25, 0.3) is 21.0 Å². The Balaban J connectivity index is 3.66. The summed E-state index contributed by atoms with van der Waals surface area (Å²) in [5.74, 6) is -1.08. The van der Waals surface area contributed by atoms with Crippen LogP contribution in [0.3, 0.4) is 0 Å². The van der Waals surface area contributed by atoms with Crippen molar-refractivity contribution in [3.05, 3.63) is 32.2 Å². The van der Waals surface area contributed by atoms with Gasteiger partial charge in [0.05, 0.1) is 0 Å². The summed E-state index contributed by atoms with van der Waals surface area (Å²) in [4.78, 5) is 11.4. The lowest BCUT2D eigenvalue weighted by atomic mass is 9.71. The number of hydrogen-bond donors (Lipinski definition) is 0. The van der Waals surface area contributed by atoms with Gasteiger partial charge in [-0.05, 0) is 33.8 Å². The minimum Gasteiger partial charge on any atom is -0.389 e. The summed E-state index contributed by atoms with van der Waals surface area (Å²) in [6.07, 6.45) is 2.66. The molecule has 1 aromatic carbocycles. The van der Waals surface area contributed by atoms with Gasteiger partial charge in [-0.1, -0.05) is 56.1 Å². The average Bonchev–Trinajstić information content (AvgIpc) is 2.48. The van der Waals surface area contributed by atoms with Gasteiger partial charge in [0, 0.05) is 26.0 Å². The molecule has 0 saturated heterocycles. The molecule has 1 rings (SSSR count). The van der Waals surface area contributed by atoms with Crippen LogP contribution in [0.2, 0.25) is 0 Å². The number of hydrogen-bond acceptors (Lipinski definition) is 3. The molecular weight excluding hydrogens is 456 g/mol. The molecule has 0 N–H and O–H groups in total. The van der Waals surface area contributed by atoms with Crippen molar-refractivity contribution in [3.63, 3.8) is 0 Å². The smallest absolute Gasteiger partial charge is 0.250 e. The van der Waals surface area contributed by atoms with E-state index < -0.39 is 5.79 Å². The Labute approximate surface area is 162 Å². The first-order valence-electron chi connectivity index (χ1n) is 7.32. The van der Waals surface area contributed by atoms with Crippen LogP contribution in [-0.2, 0) is 14.6 Å². The van der Waals surface area contributed by atoms with Crippen LogP contribution >= 0.6 is 31.9 Å². The monoisotopic (exact) mass is 474 g/mol. The zero-order chi connectivity index (χ0) is 17.8. The van der Waals surface area contributed by atoms with E-state index in [0.717, 1.165) is 24.7 Å². The molecular formula is C16H20Br2O3Si2. The highest BCUT2D eigenvalue weighted by molar-refractivity contribution is 9.11. The molecule has 0 aliphatic heterocycles. The van der Waals surface area contributed by atoms with Gasteiger partial charge in [0.15, 0.2) is 12.1 Å². The van der Waals surface area contributed by atoms with Crippen LogP contribution in [-0.4, -0.2) is 27.3 Å². The SMILES string of the molecule is CCCC(C(C)(C)C)C(O[Si])(O[Si])c1ccc(Br)c(C=O)c1Br. The standard InChI is InChI=1S/C16H20Br2O3Si2/c1-5-6-13(15(2,3)4)16(20-22,21-23)11-7-8-12(17)10(9-19)14(11)18/h7-9,13H,5-6H2,1-4H3. The summed E-state index contributed by atoms with van der Waals surface area (Å²) in [5.41, 5.74) is 1.16. The van der Waals surface area contributed by atoms with Crippen molar-refractivity contribution in [2.24, 2.45) is 11.3 Å². The molecule has 3 nitrogen and oxygen atoms in total. The molecule has 23 heavy (non-hydrogen) atoms. The first-order valence-corrected chi connectivity index (χ1v) is 9.72. The number of carbonyl (C=O) groups is 1. The predicted molar refractivity (Wildman–Crippen MR) is 100 cm³/mol. The largest absolute Gasteiger partial charge is 0.389 e. The second kappa shape index (κ2) is 8.53. The van der Waals surface area contributed by atoms with Crippen LogP contribution in [0.1, 0.15) is 56.5 Å². The maximum absolute atomic E-state index is 11.4. The normalized spacial score (nSPS) is 13.9. The lowest BCUT2D eigenvalue weighted by molar-refractivity contribution is -0.190. The number of aldehydes is 1. The van der Waals surface area contributed by atoms with E-state index in [9.17, 15) is 4.79 Å². The zero-order valence-corrected chi connectivity index (χ0v) is 18.9. The quantitative estimate of drug-likeness (QED) is 0.321. The lowest BCUT2D eigenvalue weighted by Crippen LogP contribution is -2.46. The van der Waals surface area contributed by atoms with Crippen LogP contribution in [0.15, 0.2) is 21.1 Å². The van der Waals surface area contributed by atoms with E-state index in [1.54, 1.807) is 0 Å². The summed E-state index contributed by atoms with van der Waals surface area (Å²) < 4.78 is 12.8. The summed E-state index contributed by atoms with van der Waals surface area (Å²) in [6, 6.07) is 3.70. The molecule has 7 heteroatoms. The molecule has 0 fully saturated rings. The van der Waals surface area contributed by atoms with E-state index >= 15 is 0 Å². The molecule has 0 aliphatic rings. The molecule has 0 aliphatic carbocycles. The van der Waals surface area contributed by atoms with Crippen LogP contribution in [0, 0.1) is 11.3 Å². The third kappa shape index (κ3) is 4.25. The van der Waals surface area contributed by atoms with Crippen molar-refractivity contribution >= 4 is 59.1 Å². The van der Waals surface area contributed by atoms with Gasteiger partial charge in [0.1, 0.15) is 0 Å². The highest BCUT2D eigenvalue weighted by Gasteiger charge is 2.47. The topological polar surface area (TPSA) is 35.5 Å². The van der Waals surface area contributed by atoms with E-state index in [1.807, 2.05) is 12.1 Å². The van der Waals surface area contributed by atoms with Crippen molar-refractivity contribution in [3.8, 4) is 0 Å². The third-order valence-electron chi connectivity index (χ3n) is 4.00.